The van der Waals surface area contributed by atoms with Crippen LogP contribution < -0.4 is 10.6 Å². The van der Waals surface area contributed by atoms with Gasteiger partial charge in [0.1, 0.15) is 23.4 Å². The SMILES string of the molecule is Cc1c(C(=O)C(=O)NC2(c3cn[nH]n3)CC2)c2n(c1C(=O)Nc1ccc(F)c(C(C)F)c1)CCC2. The van der Waals surface area contributed by atoms with E-state index < -0.39 is 35.1 Å². The second kappa shape index (κ2) is 8.40. The standard InChI is InChI=1S/C24H24F2N6O3/c1-12-19(21(33)23(35)29-24(7-8-24)18-11-27-31-30-18)17-4-3-9-32(17)20(12)22(34)28-14-5-6-16(26)15(10-14)13(2)25/h5-6,10-11,13H,3-4,7-9H2,1-2H3,(H,28,34)(H,29,35)(H,27,30,31). The van der Waals surface area contributed by atoms with E-state index in [-0.39, 0.29) is 22.5 Å². The number of carbonyl (C=O) groups excluding carboxylic acids is 3. The van der Waals surface area contributed by atoms with Gasteiger partial charge in [-0.25, -0.2) is 8.78 Å². The lowest BCUT2D eigenvalue weighted by molar-refractivity contribution is -0.118. The lowest BCUT2D eigenvalue weighted by Gasteiger charge is -2.14. The molecule has 35 heavy (non-hydrogen) atoms. The van der Waals surface area contributed by atoms with Gasteiger partial charge in [0.15, 0.2) is 0 Å². The van der Waals surface area contributed by atoms with Crippen molar-refractivity contribution in [1.82, 2.24) is 25.3 Å². The topological polar surface area (TPSA) is 122 Å². The Bertz CT molecular complexity index is 1340. The van der Waals surface area contributed by atoms with Crippen LogP contribution in [0, 0.1) is 12.7 Å². The molecule has 11 heteroatoms. The van der Waals surface area contributed by atoms with Crippen molar-refractivity contribution in [3.8, 4) is 0 Å². The highest BCUT2D eigenvalue weighted by Gasteiger charge is 2.49. The molecule has 1 saturated carbocycles. The van der Waals surface area contributed by atoms with E-state index in [2.05, 4.69) is 26.0 Å². The fourth-order valence-corrected chi connectivity index (χ4v) is 4.82. The Morgan fingerprint density at radius 3 is 2.69 bits per heavy atom. The molecule has 9 nitrogen and oxygen atoms in total. The summed E-state index contributed by atoms with van der Waals surface area (Å²) in [5, 5.41) is 15.8. The van der Waals surface area contributed by atoms with Crippen molar-refractivity contribution >= 4 is 23.3 Å². The van der Waals surface area contributed by atoms with E-state index in [9.17, 15) is 23.2 Å². The van der Waals surface area contributed by atoms with E-state index in [0.717, 1.165) is 12.5 Å². The number of nitrogens with one attached hydrogen (secondary N) is 3. The van der Waals surface area contributed by atoms with E-state index in [1.807, 2.05) is 0 Å². The Labute approximate surface area is 199 Å². The maximum Gasteiger partial charge on any atom is 0.293 e. The quantitative estimate of drug-likeness (QED) is 0.353. The number of hydrogen-bond acceptors (Lipinski definition) is 5. The molecule has 3 heterocycles. The number of H-pyrrole nitrogens is 1. The lowest BCUT2D eigenvalue weighted by atomic mass is 10.0. The predicted octanol–water partition coefficient (Wildman–Crippen LogP) is 3.27. The molecular formula is C24H24F2N6O3. The summed E-state index contributed by atoms with van der Waals surface area (Å²) in [5.41, 5.74) is 1.44. The molecule has 3 N–H and O–H groups in total. The predicted molar refractivity (Wildman–Crippen MR) is 121 cm³/mol. The maximum absolute atomic E-state index is 13.9. The number of aromatic amines is 1. The van der Waals surface area contributed by atoms with Gasteiger partial charge in [0, 0.05) is 23.5 Å². The average molecular weight is 482 g/mol. The van der Waals surface area contributed by atoms with Gasteiger partial charge in [-0.15, -0.1) is 0 Å². The maximum atomic E-state index is 13.9. The molecule has 3 aromatic rings. The third-order valence-corrected chi connectivity index (χ3v) is 6.75. The third-order valence-electron chi connectivity index (χ3n) is 6.75. The Balaban J connectivity index is 1.42. The van der Waals surface area contributed by atoms with Crippen molar-refractivity contribution in [3.63, 3.8) is 0 Å². The molecule has 2 amide bonds. The summed E-state index contributed by atoms with van der Waals surface area (Å²) in [6.45, 7) is 3.36. The molecule has 2 aromatic heterocycles. The molecule has 0 spiro atoms. The number of alkyl halides is 1. The van der Waals surface area contributed by atoms with Gasteiger partial charge in [-0.05, 0) is 63.3 Å². The number of fused-ring (bicyclic) bond motifs is 1. The summed E-state index contributed by atoms with van der Waals surface area (Å²) in [4.78, 5) is 39.4. The minimum absolute atomic E-state index is 0.159. The highest BCUT2D eigenvalue weighted by molar-refractivity contribution is 6.44. The number of Topliss-reactive ketones (excluding diaryl/α,β-unsaturated/α-hetero) is 1. The van der Waals surface area contributed by atoms with Crippen molar-refractivity contribution in [2.24, 2.45) is 0 Å². The van der Waals surface area contributed by atoms with Crippen LogP contribution in [0.15, 0.2) is 24.4 Å². The number of benzene rings is 1. The van der Waals surface area contributed by atoms with Crippen LogP contribution in [0.4, 0.5) is 14.5 Å². The normalized spacial score (nSPS) is 16.5. The van der Waals surface area contributed by atoms with Gasteiger partial charge in [-0.2, -0.15) is 15.4 Å². The fourth-order valence-electron chi connectivity index (χ4n) is 4.82. The van der Waals surface area contributed by atoms with Crippen LogP contribution in [0.25, 0.3) is 0 Å². The summed E-state index contributed by atoms with van der Waals surface area (Å²) < 4.78 is 29.3. The van der Waals surface area contributed by atoms with Crippen LogP contribution in [0.2, 0.25) is 0 Å². The Hall–Kier alpha value is -3.89. The summed E-state index contributed by atoms with van der Waals surface area (Å²) in [7, 11) is 0. The molecular weight excluding hydrogens is 458 g/mol. The second-order valence-electron chi connectivity index (χ2n) is 9.08. The molecule has 1 aliphatic heterocycles. The number of carbonyl (C=O) groups is 3. The van der Waals surface area contributed by atoms with Gasteiger partial charge < -0.3 is 15.2 Å². The van der Waals surface area contributed by atoms with Crippen LogP contribution in [-0.4, -0.2) is 37.6 Å². The molecule has 1 unspecified atom stereocenters. The highest BCUT2D eigenvalue weighted by Crippen LogP contribution is 2.44. The number of ketones is 1. The van der Waals surface area contributed by atoms with Crippen LogP contribution in [0.5, 0.6) is 0 Å². The number of amides is 2. The number of nitrogens with zero attached hydrogens (tertiary/aromatic N) is 3. The van der Waals surface area contributed by atoms with Gasteiger partial charge in [0.25, 0.3) is 17.6 Å². The third kappa shape index (κ3) is 3.90. The molecule has 1 aromatic carbocycles. The molecule has 1 atom stereocenters. The van der Waals surface area contributed by atoms with Gasteiger partial charge in [-0.3, -0.25) is 14.4 Å². The minimum Gasteiger partial charge on any atom is -0.340 e. The average Bonchev–Trinajstić information content (AvgIpc) is 3.18. The largest absolute Gasteiger partial charge is 0.340 e. The zero-order chi connectivity index (χ0) is 24.9. The van der Waals surface area contributed by atoms with Gasteiger partial charge in [0.2, 0.25) is 0 Å². The van der Waals surface area contributed by atoms with Crippen molar-refractivity contribution < 1.29 is 23.2 Å². The molecule has 182 valence electrons. The molecule has 0 saturated heterocycles. The molecule has 2 aliphatic rings. The summed E-state index contributed by atoms with van der Waals surface area (Å²) >= 11 is 0. The van der Waals surface area contributed by atoms with Crippen molar-refractivity contribution in [1.29, 1.82) is 0 Å². The number of rotatable bonds is 7. The van der Waals surface area contributed by atoms with E-state index in [1.165, 1.54) is 25.3 Å². The first-order chi connectivity index (χ1) is 16.7. The van der Waals surface area contributed by atoms with Crippen LogP contribution >= 0.6 is 0 Å². The summed E-state index contributed by atoms with van der Waals surface area (Å²) in [6, 6.07) is 3.69. The Morgan fingerprint density at radius 1 is 1.26 bits per heavy atom. The number of hydrogen-bond donors (Lipinski definition) is 3. The van der Waals surface area contributed by atoms with Gasteiger partial charge in [-0.1, -0.05) is 0 Å². The summed E-state index contributed by atoms with van der Waals surface area (Å²) in [6.07, 6.45) is 2.55. The number of halogens is 2. The van der Waals surface area contributed by atoms with E-state index in [0.29, 0.717) is 42.8 Å². The first-order valence-electron chi connectivity index (χ1n) is 11.4. The van der Waals surface area contributed by atoms with E-state index in [4.69, 9.17) is 0 Å². The second-order valence-corrected chi connectivity index (χ2v) is 9.08. The minimum atomic E-state index is -1.54. The van der Waals surface area contributed by atoms with E-state index in [1.54, 1.807) is 11.5 Å². The Kier molecular flexibility index (Phi) is 5.49. The smallest absolute Gasteiger partial charge is 0.293 e. The van der Waals surface area contributed by atoms with Crippen LogP contribution in [0.1, 0.15) is 75.7 Å². The van der Waals surface area contributed by atoms with Gasteiger partial charge >= 0.3 is 0 Å². The zero-order valence-electron chi connectivity index (χ0n) is 19.2. The summed E-state index contributed by atoms with van der Waals surface area (Å²) in [5.74, 6) is -2.69. The lowest BCUT2D eigenvalue weighted by Crippen LogP contribution is -2.40. The highest BCUT2D eigenvalue weighted by atomic mass is 19.1. The van der Waals surface area contributed by atoms with E-state index >= 15 is 0 Å². The number of aromatic nitrogens is 4. The Morgan fingerprint density at radius 2 is 2.03 bits per heavy atom. The van der Waals surface area contributed by atoms with Crippen molar-refractivity contribution in [3.05, 3.63) is 64.0 Å². The van der Waals surface area contributed by atoms with Crippen molar-refractivity contribution in [2.45, 2.75) is 57.8 Å². The monoisotopic (exact) mass is 482 g/mol. The fraction of sp³-hybridized carbons (Fsp3) is 0.375. The number of anilines is 1. The molecule has 5 rings (SSSR count). The zero-order valence-corrected chi connectivity index (χ0v) is 19.2. The van der Waals surface area contributed by atoms with Crippen LogP contribution in [-0.2, 0) is 23.3 Å². The molecule has 1 aliphatic carbocycles. The molecule has 0 bridgehead atoms. The van der Waals surface area contributed by atoms with Crippen molar-refractivity contribution in [2.75, 3.05) is 5.32 Å². The van der Waals surface area contributed by atoms with Gasteiger partial charge in [0.05, 0.1) is 17.3 Å². The first-order valence-corrected chi connectivity index (χ1v) is 11.4. The molecule has 1 fully saturated rings. The van der Waals surface area contributed by atoms with Crippen LogP contribution in [0.3, 0.4) is 0 Å². The first kappa shape index (κ1) is 22.9. The molecule has 0 radical (unpaired) electrons.